The number of alkyl halides is 3. The van der Waals surface area contributed by atoms with Crippen LogP contribution >= 0.6 is 0 Å². The van der Waals surface area contributed by atoms with Gasteiger partial charge < -0.3 is 10.1 Å². The molecule has 1 aromatic carbocycles. The molecule has 0 bridgehead atoms. The second kappa shape index (κ2) is 5.69. The number of aliphatic hydroxyl groups excluding tert-OH is 1. The number of halogens is 3. The molecule has 0 aliphatic carbocycles. The van der Waals surface area contributed by atoms with Crippen molar-refractivity contribution < 1.29 is 18.3 Å². The van der Waals surface area contributed by atoms with Crippen LogP contribution in [0.1, 0.15) is 16.8 Å². The number of nitrogens with zero attached hydrogens (tertiary/aromatic N) is 1. The molecule has 7 heteroatoms. The maximum Gasteiger partial charge on any atom is 0.417 e. The molecule has 4 nitrogen and oxygen atoms in total. The molecule has 0 radical (unpaired) electrons. The Balaban J connectivity index is 2.62. The molecular weight excluding hydrogens is 285 g/mol. The largest absolute Gasteiger partial charge is 0.417 e. The number of benzene rings is 1. The molecule has 2 aromatic rings. The number of aliphatic hydroxyl groups is 1. The smallest absolute Gasteiger partial charge is 0.396 e. The van der Waals surface area contributed by atoms with Crippen molar-refractivity contribution in [3.63, 3.8) is 0 Å². The Labute approximate surface area is 118 Å². The Morgan fingerprint density at radius 3 is 2.52 bits per heavy atom. The van der Waals surface area contributed by atoms with Gasteiger partial charge >= 0.3 is 6.18 Å². The summed E-state index contributed by atoms with van der Waals surface area (Å²) in [6, 6.07) is 4.91. The Morgan fingerprint density at radius 1 is 1.29 bits per heavy atom. The van der Waals surface area contributed by atoms with Crippen LogP contribution in [0, 0.1) is 6.92 Å². The van der Waals surface area contributed by atoms with Gasteiger partial charge in [-0.1, -0.05) is 18.2 Å². The van der Waals surface area contributed by atoms with Gasteiger partial charge in [-0.25, -0.2) is 4.98 Å². The number of hydrogen-bond donors (Lipinski definition) is 2. The topological polar surface area (TPSA) is 66.0 Å². The van der Waals surface area contributed by atoms with Crippen molar-refractivity contribution in [1.29, 1.82) is 0 Å². The van der Waals surface area contributed by atoms with E-state index in [9.17, 15) is 18.0 Å². The molecule has 0 aliphatic rings. The molecule has 1 heterocycles. The van der Waals surface area contributed by atoms with Gasteiger partial charge in [0.05, 0.1) is 5.56 Å². The molecule has 0 atom stereocenters. The zero-order valence-electron chi connectivity index (χ0n) is 11.2. The molecule has 0 saturated carbocycles. The average molecular weight is 298 g/mol. The fourth-order valence-corrected chi connectivity index (χ4v) is 2.08. The van der Waals surface area contributed by atoms with E-state index in [0.29, 0.717) is 5.69 Å². The van der Waals surface area contributed by atoms with Crippen LogP contribution < -0.4 is 5.56 Å². The Kier molecular flexibility index (Phi) is 4.13. The standard InChI is InChI=1S/C14H13F3N2O2/c1-8-9(6-7-20)13(21)19-12(18-8)10-4-2-3-5-11(10)14(15,16)17/h2-5,20H,6-7H2,1H3,(H,18,19,21). The van der Waals surface area contributed by atoms with E-state index in [2.05, 4.69) is 9.97 Å². The number of hydrogen-bond acceptors (Lipinski definition) is 3. The summed E-state index contributed by atoms with van der Waals surface area (Å²) in [5, 5.41) is 8.88. The van der Waals surface area contributed by atoms with Crippen molar-refractivity contribution in [2.45, 2.75) is 19.5 Å². The fraction of sp³-hybridized carbons (Fsp3) is 0.286. The minimum atomic E-state index is -4.53. The molecule has 0 spiro atoms. The first-order chi connectivity index (χ1) is 9.84. The van der Waals surface area contributed by atoms with Crippen molar-refractivity contribution >= 4 is 0 Å². The summed E-state index contributed by atoms with van der Waals surface area (Å²) < 4.78 is 38.9. The molecule has 21 heavy (non-hydrogen) atoms. The molecule has 0 amide bonds. The van der Waals surface area contributed by atoms with Crippen LogP contribution in [0.25, 0.3) is 11.4 Å². The normalized spacial score (nSPS) is 11.7. The van der Waals surface area contributed by atoms with Crippen molar-refractivity contribution in [3.8, 4) is 11.4 Å². The zero-order chi connectivity index (χ0) is 15.6. The lowest BCUT2D eigenvalue weighted by Gasteiger charge is -2.13. The van der Waals surface area contributed by atoms with Gasteiger partial charge in [-0.2, -0.15) is 13.2 Å². The van der Waals surface area contributed by atoms with Gasteiger partial charge in [0, 0.05) is 29.8 Å². The second-order valence-corrected chi connectivity index (χ2v) is 4.50. The second-order valence-electron chi connectivity index (χ2n) is 4.50. The maximum atomic E-state index is 13.0. The third kappa shape index (κ3) is 3.13. The molecule has 0 unspecified atom stereocenters. The Hall–Kier alpha value is -2.15. The Bertz CT molecular complexity index is 708. The van der Waals surface area contributed by atoms with Crippen LogP contribution in [-0.2, 0) is 12.6 Å². The molecule has 0 fully saturated rings. The third-order valence-electron chi connectivity index (χ3n) is 3.07. The fourth-order valence-electron chi connectivity index (χ4n) is 2.08. The average Bonchev–Trinajstić information content (AvgIpc) is 2.42. The van der Waals surface area contributed by atoms with Gasteiger partial charge in [0.1, 0.15) is 5.82 Å². The van der Waals surface area contributed by atoms with Crippen LogP contribution in [0.5, 0.6) is 0 Å². The predicted octanol–water partition coefficient (Wildman–Crippen LogP) is 2.30. The molecule has 0 aliphatic heterocycles. The number of aromatic nitrogens is 2. The highest BCUT2D eigenvalue weighted by molar-refractivity contribution is 5.61. The zero-order valence-corrected chi connectivity index (χ0v) is 11.2. The summed E-state index contributed by atoms with van der Waals surface area (Å²) >= 11 is 0. The predicted molar refractivity (Wildman–Crippen MR) is 70.8 cm³/mol. The number of aromatic amines is 1. The number of H-pyrrole nitrogens is 1. The van der Waals surface area contributed by atoms with Gasteiger partial charge in [0.15, 0.2) is 0 Å². The van der Waals surface area contributed by atoms with Crippen LogP contribution in [0.2, 0.25) is 0 Å². The van der Waals surface area contributed by atoms with E-state index in [4.69, 9.17) is 5.11 Å². The SMILES string of the molecule is Cc1nc(-c2ccccc2C(F)(F)F)[nH]c(=O)c1CCO. The van der Waals surface area contributed by atoms with Crippen LogP contribution in [0.4, 0.5) is 13.2 Å². The van der Waals surface area contributed by atoms with Crippen molar-refractivity contribution in [2.75, 3.05) is 6.61 Å². The van der Waals surface area contributed by atoms with E-state index >= 15 is 0 Å². The monoisotopic (exact) mass is 298 g/mol. The maximum absolute atomic E-state index is 13.0. The summed E-state index contributed by atoms with van der Waals surface area (Å²) in [5.41, 5.74) is -1.00. The molecule has 0 saturated heterocycles. The highest BCUT2D eigenvalue weighted by Gasteiger charge is 2.34. The van der Waals surface area contributed by atoms with Gasteiger partial charge in [-0.3, -0.25) is 4.79 Å². The first-order valence-corrected chi connectivity index (χ1v) is 6.22. The van der Waals surface area contributed by atoms with E-state index in [1.807, 2.05) is 0 Å². The first kappa shape index (κ1) is 15.2. The van der Waals surface area contributed by atoms with Crippen LogP contribution in [0.3, 0.4) is 0 Å². The summed E-state index contributed by atoms with van der Waals surface area (Å²) in [7, 11) is 0. The van der Waals surface area contributed by atoms with Gasteiger partial charge in [0.25, 0.3) is 5.56 Å². The van der Waals surface area contributed by atoms with Crippen molar-refractivity contribution in [2.24, 2.45) is 0 Å². The van der Waals surface area contributed by atoms with E-state index in [1.165, 1.54) is 25.1 Å². The minimum Gasteiger partial charge on any atom is -0.396 e. The van der Waals surface area contributed by atoms with Crippen molar-refractivity contribution in [3.05, 3.63) is 51.4 Å². The van der Waals surface area contributed by atoms with Gasteiger partial charge in [0.2, 0.25) is 0 Å². The highest BCUT2D eigenvalue weighted by atomic mass is 19.4. The summed E-state index contributed by atoms with van der Waals surface area (Å²) in [6.45, 7) is 1.30. The molecule has 112 valence electrons. The lowest BCUT2D eigenvalue weighted by molar-refractivity contribution is -0.137. The number of rotatable bonds is 3. The van der Waals surface area contributed by atoms with E-state index < -0.39 is 17.3 Å². The number of nitrogens with one attached hydrogen (secondary N) is 1. The molecule has 2 rings (SSSR count). The first-order valence-electron chi connectivity index (χ1n) is 6.22. The van der Waals surface area contributed by atoms with Gasteiger partial charge in [-0.05, 0) is 13.0 Å². The molecule has 2 N–H and O–H groups in total. The third-order valence-corrected chi connectivity index (χ3v) is 3.07. The minimum absolute atomic E-state index is 0.107. The summed E-state index contributed by atoms with van der Waals surface area (Å²) in [6.07, 6.45) is -4.43. The lowest BCUT2D eigenvalue weighted by Crippen LogP contribution is -2.19. The van der Waals surface area contributed by atoms with E-state index in [0.717, 1.165) is 6.07 Å². The highest BCUT2D eigenvalue weighted by Crippen LogP contribution is 2.35. The van der Waals surface area contributed by atoms with Crippen molar-refractivity contribution in [1.82, 2.24) is 9.97 Å². The molecular formula is C14H13F3N2O2. The van der Waals surface area contributed by atoms with Crippen LogP contribution in [-0.4, -0.2) is 21.7 Å². The summed E-state index contributed by atoms with van der Waals surface area (Å²) in [4.78, 5) is 18.3. The van der Waals surface area contributed by atoms with Crippen LogP contribution in [0.15, 0.2) is 29.1 Å². The van der Waals surface area contributed by atoms with Gasteiger partial charge in [-0.15, -0.1) is 0 Å². The number of aryl methyl sites for hydroxylation is 1. The molecule has 1 aromatic heterocycles. The summed E-state index contributed by atoms with van der Waals surface area (Å²) in [5.74, 6) is -0.132. The van der Waals surface area contributed by atoms with E-state index in [-0.39, 0.29) is 30.0 Å². The quantitative estimate of drug-likeness (QED) is 0.913. The van der Waals surface area contributed by atoms with E-state index in [1.54, 1.807) is 0 Å². The Morgan fingerprint density at radius 2 is 1.95 bits per heavy atom. The lowest BCUT2D eigenvalue weighted by atomic mass is 10.1.